The third-order valence-corrected chi connectivity index (χ3v) is 9.16. The molecule has 2 aliphatic rings. The molecule has 0 aromatic rings. The first-order valence-corrected chi connectivity index (χ1v) is 16.8. The van der Waals surface area contributed by atoms with E-state index in [2.05, 4.69) is 10.6 Å². The fraction of sp³-hybridized carbons (Fsp3) is 0.714. The van der Waals surface area contributed by atoms with Crippen LogP contribution >= 0.6 is 21.6 Å². The lowest BCUT2D eigenvalue weighted by Crippen LogP contribution is -2.66. The summed E-state index contributed by atoms with van der Waals surface area (Å²) in [6, 6.07) is -2.33. The Morgan fingerprint density at radius 1 is 0.479 bits per heavy atom. The van der Waals surface area contributed by atoms with Crippen molar-refractivity contribution < 1.29 is 76.3 Å². The largest absolute Gasteiger partial charge is 0.463 e. The van der Waals surface area contributed by atoms with Crippen LogP contribution in [0.25, 0.3) is 0 Å². The Morgan fingerprint density at radius 3 is 1.02 bits per heavy atom. The van der Waals surface area contributed by atoms with Crippen molar-refractivity contribution in [3.63, 3.8) is 0 Å². The van der Waals surface area contributed by atoms with E-state index in [9.17, 15) is 38.4 Å². The van der Waals surface area contributed by atoms with E-state index in [4.69, 9.17) is 37.9 Å². The molecule has 0 radical (unpaired) electrons. The second-order valence-electron chi connectivity index (χ2n) is 10.6. The van der Waals surface area contributed by atoms with Crippen molar-refractivity contribution in [3.8, 4) is 0 Å². The summed E-state index contributed by atoms with van der Waals surface area (Å²) in [6.07, 6.45) is -7.70. The van der Waals surface area contributed by atoms with Gasteiger partial charge in [0.1, 0.15) is 48.4 Å². The van der Waals surface area contributed by atoms with Crippen molar-refractivity contribution >= 4 is 69.2 Å². The maximum Gasteiger partial charge on any atom is 0.303 e. The zero-order chi connectivity index (χ0) is 36.3. The number of hydrogen-bond acceptors (Lipinski definition) is 18. The molecule has 2 aliphatic heterocycles. The van der Waals surface area contributed by atoms with Crippen LogP contribution < -0.4 is 10.6 Å². The molecular formula is C28H40N2O16S2. The molecule has 0 spiro atoms. The van der Waals surface area contributed by atoms with Crippen LogP contribution in [0.4, 0.5) is 0 Å². The van der Waals surface area contributed by atoms with E-state index >= 15 is 0 Å². The highest BCUT2D eigenvalue weighted by molar-refractivity contribution is 8.77. The van der Waals surface area contributed by atoms with E-state index < -0.39 is 120 Å². The summed E-state index contributed by atoms with van der Waals surface area (Å²) in [4.78, 5) is 96.5. The van der Waals surface area contributed by atoms with Crippen LogP contribution in [0.3, 0.4) is 0 Å². The summed E-state index contributed by atoms with van der Waals surface area (Å²) in [5.74, 6) is -5.62. The highest BCUT2D eigenvalue weighted by Crippen LogP contribution is 2.44. The molecule has 2 heterocycles. The van der Waals surface area contributed by atoms with Crippen LogP contribution in [0.2, 0.25) is 0 Å². The lowest BCUT2D eigenvalue weighted by Gasteiger charge is -2.46. The number of carbonyl (C=O) groups is 8. The molecule has 270 valence electrons. The van der Waals surface area contributed by atoms with Gasteiger partial charge in [-0.3, -0.25) is 38.4 Å². The molecule has 0 aliphatic carbocycles. The molecule has 0 aromatic carbocycles. The van der Waals surface area contributed by atoms with Gasteiger partial charge in [-0.25, -0.2) is 0 Å². The maximum atomic E-state index is 12.3. The fourth-order valence-electron chi connectivity index (χ4n) is 4.86. The third-order valence-electron chi connectivity index (χ3n) is 6.39. The van der Waals surface area contributed by atoms with E-state index in [1.165, 1.54) is 13.8 Å². The van der Waals surface area contributed by atoms with Crippen molar-refractivity contribution in [1.29, 1.82) is 0 Å². The Labute approximate surface area is 284 Å². The standard InChI is InChI=1S/C28H40N2O16S2/c1-11(31)29-21-25(43-17(7)37)23(41-15(5)35)19(9-39-13(3)33)45-27(21)47-48-28-22(30-12(2)32)26(44-18(8)38)24(42-16(6)36)20(46-28)10-40-14(4)34/h19-28H,9-10H2,1-8H3,(H,29,31)(H,30,32)/t19-,20-,21-,22-,23-,24-,25-,26-,27+,28+/m1/s1. The van der Waals surface area contributed by atoms with E-state index in [-0.39, 0.29) is 0 Å². The first-order valence-electron chi connectivity index (χ1n) is 14.5. The monoisotopic (exact) mass is 724 g/mol. The molecule has 0 unspecified atom stereocenters. The average molecular weight is 725 g/mol. The summed E-state index contributed by atoms with van der Waals surface area (Å²) in [5, 5.41) is 5.29. The van der Waals surface area contributed by atoms with Gasteiger partial charge in [-0.1, -0.05) is 21.6 Å². The predicted octanol–water partition coefficient (Wildman–Crippen LogP) is -0.320. The average Bonchev–Trinajstić information content (AvgIpc) is 2.93. The number of esters is 6. The number of ether oxygens (including phenoxy) is 8. The molecule has 48 heavy (non-hydrogen) atoms. The van der Waals surface area contributed by atoms with Crippen molar-refractivity contribution in [1.82, 2.24) is 10.6 Å². The minimum Gasteiger partial charge on any atom is -0.463 e. The van der Waals surface area contributed by atoms with Crippen LogP contribution in [0.5, 0.6) is 0 Å². The number of nitrogens with one attached hydrogen (secondary N) is 2. The Hall–Kier alpha value is -3.62. The predicted molar refractivity (Wildman–Crippen MR) is 163 cm³/mol. The zero-order valence-corrected chi connectivity index (χ0v) is 29.2. The van der Waals surface area contributed by atoms with E-state index in [0.29, 0.717) is 0 Å². The molecule has 0 bridgehead atoms. The lowest BCUT2D eigenvalue weighted by molar-refractivity contribution is -0.212. The van der Waals surface area contributed by atoms with Crippen molar-refractivity contribution in [2.45, 2.75) is 115 Å². The molecule has 20 heteroatoms. The Morgan fingerprint density at radius 2 is 0.771 bits per heavy atom. The van der Waals surface area contributed by atoms with Gasteiger partial charge in [0.25, 0.3) is 0 Å². The topological polar surface area (TPSA) is 234 Å². The second-order valence-corrected chi connectivity index (χ2v) is 13.1. The normalized spacial score (nSPS) is 29.7. The minimum absolute atomic E-state index is 0.433. The number of rotatable bonds is 13. The summed E-state index contributed by atoms with van der Waals surface area (Å²) >= 11 is 0. The number of amides is 2. The summed E-state index contributed by atoms with van der Waals surface area (Å²) < 4.78 is 44.4. The van der Waals surface area contributed by atoms with Crippen LogP contribution in [0.15, 0.2) is 0 Å². The van der Waals surface area contributed by atoms with Gasteiger partial charge in [-0.2, -0.15) is 0 Å². The lowest BCUT2D eigenvalue weighted by atomic mass is 9.97. The van der Waals surface area contributed by atoms with Gasteiger partial charge >= 0.3 is 35.8 Å². The number of hydrogen-bond donors (Lipinski definition) is 2. The van der Waals surface area contributed by atoms with Gasteiger partial charge in [0.2, 0.25) is 11.8 Å². The van der Waals surface area contributed by atoms with Crippen molar-refractivity contribution in [2.24, 2.45) is 0 Å². The highest BCUT2D eigenvalue weighted by atomic mass is 33.1. The van der Waals surface area contributed by atoms with Gasteiger partial charge in [0.05, 0.1) is 0 Å². The molecule has 2 N–H and O–H groups in total. The first kappa shape index (κ1) is 40.6. The number of carbonyl (C=O) groups excluding carboxylic acids is 8. The maximum absolute atomic E-state index is 12.3. The van der Waals surface area contributed by atoms with Gasteiger partial charge in [-0.15, -0.1) is 0 Å². The first-order chi connectivity index (χ1) is 22.4. The minimum atomic E-state index is -1.33. The summed E-state index contributed by atoms with van der Waals surface area (Å²) in [7, 11) is 1.82. The smallest absolute Gasteiger partial charge is 0.303 e. The van der Waals surface area contributed by atoms with E-state index in [1.54, 1.807) is 0 Å². The fourth-order valence-corrected chi connectivity index (χ4v) is 7.78. The molecule has 2 rings (SSSR count). The van der Waals surface area contributed by atoms with Gasteiger partial charge in [-0.05, 0) is 0 Å². The molecule has 18 nitrogen and oxygen atoms in total. The van der Waals surface area contributed by atoms with Crippen LogP contribution in [0.1, 0.15) is 55.4 Å². The highest BCUT2D eigenvalue weighted by Gasteiger charge is 2.54. The Bertz CT molecular complexity index is 1140. The second kappa shape index (κ2) is 18.8. The van der Waals surface area contributed by atoms with Gasteiger partial charge < -0.3 is 48.5 Å². The van der Waals surface area contributed by atoms with E-state index in [1.807, 2.05) is 0 Å². The SMILES string of the molecule is CC(=O)N[C@@H]1[C@@H](OC(C)=O)[C@H](OC(C)=O)[C@@H](COC(C)=O)O[C@H]1SS[C@@H]1O[C@H](COC(C)=O)[C@@H](OC(C)=O)[C@H](OC(C)=O)[C@H]1NC(C)=O. The summed E-state index contributed by atoms with van der Waals surface area (Å²) in [6.45, 7) is 8.24. The third kappa shape index (κ3) is 12.8. The van der Waals surface area contributed by atoms with Crippen LogP contribution in [0, 0.1) is 0 Å². The molecular weight excluding hydrogens is 684 g/mol. The van der Waals surface area contributed by atoms with Crippen LogP contribution in [-0.4, -0.2) is 120 Å². The van der Waals surface area contributed by atoms with Crippen molar-refractivity contribution in [3.05, 3.63) is 0 Å². The van der Waals surface area contributed by atoms with Crippen molar-refractivity contribution in [2.75, 3.05) is 13.2 Å². The molecule has 2 amide bonds. The van der Waals surface area contributed by atoms with Gasteiger partial charge in [0.15, 0.2) is 24.4 Å². The zero-order valence-electron chi connectivity index (χ0n) is 27.5. The molecule has 2 saturated heterocycles. The molecule has 0 aromatic heterocycles. The van der Waals surface area contributed by atoms with E-state index in [0.717, 1.165) is 63.1 Å². The molecule has 2 fully saturated rings. The molecule has 10 atom stereocenters. The summed E-state index contributed by atoms with van der Waals surface area (Å²) in [5.41, 5.74) is -2.27. The molecule has 0 saturated carbocycles. The quantitative estimate of drug-likeness (QED) is 0.141. The van der Waals surface area contributed by atoms with Crippen LogP contribution in [-0.2, 0) is 76.3 Å². The van der Waals surface area contributed by atoms with Gasteiger partial charge in [0, 0.05) is 55.4 Å². The Kier molecular flexibility index (Phi) is 15.9. The Balaban J connectivity index is 2.57.